The molecule has 2 aromatic carbocycles. The maximum atomic E-state index is 13.2. The third kappa shape index (κ3) is 3.48. The van der Waals surface area contributed by atoms with E-state index in [-0.39, 0.29) is 11.9 Å². The first-order valence-electron chi connectivity index (χ1n) is 5.62. The highest BCUT2D eigenvalue weighted by Gasteiger charge is 2.16. The zero-order valence-electron chi connectivity index (χ0n) is 9.84. The zero-order chi connectivity index (χ0) is 14.0. The van der Waals surface area contributed by atoms with Gasteiger partial charge >= 0.3 is 0 Å². The molecule has 0 radical (unpaired) electrons. The van der Waals surface area contributed by atoms with Gasteiger partial charge in [-0.2, -0.15) is 0 Å². The smallest absolute Gasteiger partial charge is 0.123 e. The highest BCUT2D eigenvalue weighted by molar-refractivity contribution is 9.10. The predicted octanol–water partition coefficient (Wildman–Crippen LogP) is 5.14. The molecule has 0 heterocycles. The third-order valence-corrected chi connectivity index (χ3v) is 4.25. The number of hydrogen-bond donors (Lipinski definition) is 1. The Hall–Kier alpha value is -0.610. The first-order chi connectivity index (χ1) is 8.99. The van der Waals surface area contributed by atoms with Crippen molar-refractivity contribution in [2.75, 3.05) is 0 Å². The van der Waals surface area contributed by atoms with Gasteiger partial charge in [0.1, 0.15) is 5.82 Å². The number of rotatable bonds is 3. The van der Waals surface area contributed by atoms with E-state index in [0.29, 0.717) is 22.0 Å². The van der Waals surface area contributed by atoms with Gasteiger partial charge in [-0.1, -0.05) is 45.2 Å². The largest absolute Gasteiger partial charge is 0.324 e. The molecular weight excluding hydrogens is 352 g/mol. The van der Waals surface area contributed by atoms with Crippen LogP contribution in [0, 0.1) is 5.82 Å². The van der Waals surface area contributed by atoms with E-state index >= 15 is 0 Å². The molecule has 0 aliphatic heterocycles. The van der Waals surface area contributed by atoms with Crippen molar-refractivity contribution in [1.29, 1.82) is 0 Å². The van der Waals surface area contributed by atoms with Crippen LogP contribution < -0.4 is 5.73 Å². The second-order valence-electron chi connectivity index (χ2n) is 4.18. The van der Waals surface area contributed by atoms with Gasteiger partial charge in [0.25, 0.3) is 0 Å². The highest BCUT2D eigenvalue weighted by Crippen LogP contribution is 2.32. The molecule has 0 aliphatic carbocycles. The van der Waals surface area contributed by atoms with Crippen LogP contribution in [0.15, 0.2) is 40.9 Å². The monoisotopic (exact) mass is 361 g/mol. The lowest BCUT2D eigenvalue weighted by Gasteiger charge is -2.16. The van der Waals surface area contributed by atoms with Crippen LogP contribution in [0.4, 0.5) is 4.39 Å². The van der Waals surface area contributed by atoms with Crippen LogP contribution in [0.5, 0.6) is 0 Å². The van der Waals surface area contributed by atoms with E-state index in [1.807, 2.05) is 0 Å². The summed E-state index contributed by atoms with van der Waals surface area (Å²) in [6.45, 7) is 0. The molecule has 0 spiro atoms. The lowest BCUT2D eigenvalue weighted by atomic mass is 9.99. The van der Waals surface area contributed by atoms with Crippen LogP contribution in [-0.2, 0) is 6.42 Å². The summed E-state index contributed by atoms with van der Waals surface area (Å²) in [5.74, 6) is -0.296. The van der Waals surface area contributed by atoms with E-state index < -0.39 is 0 Å². The first-order valence-corrected chi connectivity index (χ1v) is 7.17. The summed E-state index contributed by atoms with van der Waals surface area (Å²) in [5.41, 5.74) is 7.60. The van der Waals surface area contributed by atoms with E-state index in [0.717, 1.165) is 10.0 Å². The van der Waals surface area contributed by atoms with Crippen LogP contribution in [0.25, 0.3) is 0 Å². The summed E-state index contributed by atoms with van der Waals surface area (Å²) >= 11 is 15.6. The summed E-state index contributed by atoms with van der Waals surface area (Å²) in [5, 5.41) is 1.04. The van der Waals surface area contributed by atoms with Gasteiger partial charge in [-0.05, 0) is 42.3 Å². The molecule has 0 bridgehead atoms. The van der Waals surface area contributed by atoms with Gasteiger partial charge in [-0.15, -0.1) is 0 Å². The van der Waals surface area contributed by atoms with Gasteiger partial charge in [0, 0.05) is 26.1 Å². The Morgan fingerprint density at radius 1 is 1.16 bits per heavy atom. The van der Waals surface area contributed by atoms with E-state index in [9.17, 15) is 4.39 Å². The fourth-order valence-corrected chi connectivity index (χ4v) is 2.99. The van der Waals surface area contributed by atoms with Crippen molar-refractivity contribution < 1.29 is 4.39 Å². The first kappa shape index (κ1) is 14.8. The number of halogens is 4. The van der Waals surface area contributed by atoms with Crippen molar-refractivity contribution in [1.82, 2.24) is 0 Å². The summed E-state index contributed by atoms with van der Waals surface area (Å²) < 4.78 is 14.1. The Balaban J connectivity index is 2.31. The van der Waals surface area contributed by atoms with E-state index in [1.54, 1.807) is 24.3 Å². The van der Waals surface area contributed by atoms with Crippen LogP contribution in [0.1, 0.15) is 17.2 Å². The average Bonchev–Trinajstić information content (AvgIpc) is 2.33. The lowest BCUT2D eigenvalue weighted by Crippen LogP contribution is -2.15. The van der Waals surface area contributed by atoms with Crippen molar-refractivity contribution in [3.05, 3.63) is 67.9 Å². The fourth-order valence-electron chi connectivity index (χ4n) is 1.90. The van der Waals surface area contributed by atoms with Crippen molar-refractivity contribution in [3.63, 3.8) is 0 Å². The molecule has 0 aromatic heterocycles. The second-order valence-corrected chi connectivity index (χ2v) is 5.85. The molecule has 1 unspecified atom stereocenters. The number of benzene rings is 2. The van der Waals surface area contributed by atoms with Crippen LogP contribution in [0.2, 0.25) is 10.0 Å². The Morgan fingerprint density at radius 2 is 1.79 bits per heavy atom. The van der Waals surface area contributed by atoms with Gasteiger partial charge in [0.15, 0.2) is 0 Å². The fraction of sp³-hybridized carbons (Fsp3) is 0.143. The standard InChI is InChI=1S/C14H11BrCl2FN/c15-10-5-4-9(18)6-8(10)7-13(19)14-11(16)2-1-3-12(14)17/h1-6,13H,7,19H2. The number of hydrogen-bond acceptors (Lipinski definition) is 1. The van der Waals surface area contributed by atoms with Crippen molar-refractivity contribution in [2.24, 2.45) is 5.73 Å². The molecule has 0 saturated heterocycles. The molecule has 0 fully saturated rings. The van der Waals surface area contributed by atoms with Gasteiger partial charge in [-0.3, -0.25) is 0 Å². The molecule has 2 N–H and O–H groups in total. The SMILES string of the molecule is NC(Cc1cc(F)ccc1Br)c1c(Cl)cccc1Cl. The maximum absolute atomic E-state index is 13.2. The summed E-state index contributed by atoms with van der Waals surface area (Å²) in [6, 6.07) is 9.35. The molecule has 2 aromatic rings. The molecule has 1 atom stereocenters. The normalized spacial score (nSPS) is 12.5. The van der Waals surface area contributed by atoms with E-state index in [1.165, 1.54) is 12.1 Å². The van der Waals surface area contributed by atoms with Crippen LogP contribution >= 0.6 is 39.1 Å². The average molecular weight is 363 g/mol. The zero-order valence-corrected chi connectivity index (χ0v) is 12.9. The molecule has 0 amide bonds. The van der Waals surface area contributed by atoms with E-state index in [2.05, 4.69) is 15.9 Å². The topological polar surface area (TPSA) is 26.0 Å². The summed E-state index contributed by atoms with van der Waals surface area (Å²) in [6.07, 6.45) is 0.446. The predicted molar refractivity (Wildman–Crippen MR) is 81.2 cm³/mol. The Bertz CT molecular complexity index is 584. The quantitative estimate of drug-likeness (QED) is 0.803. The molecule has 2 rings (SSSR count). The molecular formula is C14H11BrCl2FN. The molecule has 0 saturated carbocycles. The third-order valence-electron chi connectivity index (χ3n) is 2.82. The van der Waals surface area contributed by atoms with Crippen molar-refractivity contribution in [3.8, 4) is 0 Å². The van der Waals surface area contributed by atoms with Gasteiger partial charge < -0.3 is 5.73 Å². The van der Waals surface area contributed by atoms with Gasteiger partial charge in [-0.25, -0.2) is 4.39 Å². The highest BCUT2D eigenvalue weighted by atomic mass is 79.9. The van der Waals surface area contributed by atoms with Gasteiger partial charge in [0.2, 0.25) is 0 Å². The molecule has 1 nitrogen and oxygen atoms in total. The van der Waals surface area contributed by atoms with Crippen LogP contribution in [0.3, 0.4) is 0 Å². The Labute approximate surface area is 129 Å². The minimum atomic E-state index is -0.390. The van der Waals surface area contributed by atoms with E-state index in [4.69, 9.17) is 28.9 Å². The summed E-state index contributed by atoms with van der Waals surface area (Å²) in [7, 11) is 0. The molecule has 100 valence electrons. The van der Waals surface area contributed by atoms with Crippen molar-refractivity contribution >= 4 is 39.1 Å². The Kier molecular flexibility index (Phi) is 4.85. The molecule has 0 aliphatic rings. The number of nitrogens with two attached hydrogens (primary N) is 1. The van der Waals surface area contributed by atoms with Gasteiger partial charge in [0.05, 0.1) is 0 Å². The minimum Gasteiger partial charge on any atom is -0.324 e. The lowest BCUT2D eigenvalue weighted by molar-refractivity contribution is 0.621. The maximum Gasteiger partial charge on any atom is 0.123 e. The minimum absolute atomic E-state index is 0.296. The van der Waals surface area contributed by atoms with Crippen molar-refractivity contribution in [2.45, 2.75) is 12.5 Å². The second kappa shape index (κ2) is 6.23. The van der Waals surface area contributed by atoms with Crippen LogP contribution in [-0.4, -0.2) is 0 Å². The molecule has 19 heavy (non-hydrogen) atoms. The summed E-state index contributed by atoms with van der Waals surface area (Å²) in [4.78, 5) is 0. The Morgan fingerprint density at radius 3 is 2.42 bits per heavy atom. The molecule has 5 heteroatoms.